The SMILES string of the molecule is COc1c(/C=C/C(C)(C)O)cc([C@@H]2CC(=O)c3ccc(O)cc3O2)cc1CC=C(C)C. The highest BCUT2D eigenvalue weighted by molar-refractivity contribution is 6.00. The highest BCUT2D eigenvalue weighted by Crippen LogP contribution is 2.39. The average Bonchev–Trinajstić information content (AvgIpc) is 2.69. The molecule has 0 spiro atoms. The first kappa shape index (κ1) is 22.6. The fraction of sp³-hybridized carbons (Fsp3) is 0.346. The molecule has 0 amide bonds. The first-order chi connectivity index (χ1) is 14.6. The molecule has 2 aromatic carbocycles. The summed E-state index contributed by atoms with van der Waals surface area (Å²) in [5.41, 5.74) is 3.31. The third-order valence-electron chi connectivity index (χ3n) is 5.10. The van der Waals surface area contributed by atoms with Gasteiger partial charge in [-0.15, -0.1) is 0 Å². The van der Waals surface area contributed by atoms with E-state index in [0.717, 1.165) is 22.4 Å². The fourth-order valence-electron chi connectivity index (χ4n) is 3.56. The van der Waals surface area contributed by atoms with Crippen molar-refractivity contribution in [3.8, 4) is 17.2 Å². The Morgan fingerprint density at radius 2 is 2.00 bits per heavy atom. The minimum absolute atomic E-state index is 0.0264. The lowest BCUT2D eigenvalue weighted by Crippen LogP contribution is -2.20. The Labute approximate surface area is 183 Å². The Balaban J connectivity index is 2.09. The number of carbonyl (C=O) groups is 1. The number of Topliss-reactive ketones (excluding diaryl/α,β-unsaturated/α-hetero) is 1. The molecule has 0 saturated carbocycles. The first-order valence-electron chi connectivity index (χ1n) is 10.4. The van der Waals surface area contributed by atoms with Gasteiger partial charge in [0.2, 0.25) is 0 Å². The second-order valence-corrected chi connectivity index (χ2v) is 8.69. The van der Waals surface area contributed by atoms with Crippen LogP contribution in [0.3, 0.4) is 0 Å². The molecule has 0 aromatic heterocycles. The zero-order chi connectivity index (χ0) is 22.8. The maximum absolute atomic E-state index is 12.7. The van der Waals surface area contributed by atoms with Crippen LogP contribution in [0.15, 0.2) is 48.1 Å². The van der Waals surface area contributed by atoms with Crippen molar-refractivity contribution in [2.24, 2.45) is 0 Å². The molecule has 0 bridgehead atoms. The summed E-state index contributed by atoms with van der Waals surface area (Å²) in [6, 6.07) is 8.49. The van der Waals surface area contributed by atoms with Gasteiger partial charge in [0.1, 0.15) is 23.4 Å². The molecular formula is C26H30O5. The summed E-state index contributed by atoms with van der Waals surface area (Å²) in [6.45, 7) is 7.49. The van der Waals surface area contributed by atoms with Crippen molar-refractivity contribution >= 4 is 11.9 Å². The number of benzene rings is 2. The van der Waals surface area contributed by atoms with Crippen LogP contribution in [0.5, 0.6) is 17.2 Å². The van der Waals surface area contributed by atoms with Gasteiger partial charge in [-0.1, -0.05) is 23.8 Å². The van der Waals surface area contributed by atoms with Gasteiger partial charge in [-0.3, -0.25) is 4.79 Å². The van der Waals surface area contributed by atoms with Crippen molar-refractivity contribution in [3.63, 3.8) is 0 Å². The van der Waals surface area contributed by atoms with E-state index in [-0.39, 0.29) is 18.0 Å². The van der Waals surface area contributed by atoms with Gasteiger partial charge in [-0.05, 0) is 69.5 Å². The van der Waals surface area contributed by atoms with E-state index in [1.165, 1.54) is 17.7 Å². The quantitative estimate of drug-likeness (QED) is 0.610. The predicted molar refractivity (Wildman–Crippen MR) is 122 cm³/mol. The van der Waals surface area contributed by atoms with Gasteiger partial charge in [-0.2, -0.15) is 0 Å². The van der Waals surface area contributed by atoms with Crippen molar-refractivity contribution in [3.05, 3.63) is 70.3 Å². The van der Waals surface area contributed by atoms with Crippen LogP contribution in [0.2, 0.25) is 0 Å². The summed E-state index contributed by atoms with van der Waals surface area (Å²) in [7, 11) is 1.63. The summed E-state index contributed by atoms with van der Waals surface area (Å²) in [5, 5.41) is 20.0. The normalized spacial score (nSPS) is 16.1. The van der Waals surface area contributed by atoms with Crippen LogP contribution in [0.25, 0.3) is 6.08 Å². The molecule has 0 aliphatic carbocycles. The van der Waals surface area contributed by atoms with E-state index in [1.807, 2.05) is 32.1 Å². The number of fused-ring (bicyclic) bond motifs is 1. The smallest absolute Gasteiger partial charge is 0.170 e. The van der Waals surface area contributed by atoms with Gasteiger partial charge < -0.3 is 19.7 Å². The number of hydrogen-bond acceptors (Lipinski definition) is 5. The van der Waals surface area contributed by atoms with Gasteiger partial charge in [0.15, 0.2) is 5.78 Å². The van der Waals surface area contributed by atoms with Gasteiger partial charge in [0.05, 0.1) is 24.7 Å². The van der Waals surface area contributed by atoms with Crippen LogP contribution in [0.1, 0.15) is 67.3 Å². The molecular weight excluding hydrogens is 392 g/mol. The molecule has 31 heavy (non-hydrogen) atoms. The molecule has 2 N–H and O–H groups in total. The van der Waals surface area contributed by atoms with Gasteiger partial charge >= 0.3 is 0 Å². The zero-order valence-electron chi connectivity index (χ0n) is 18.7. The number of ether oxygens (including phenoxy) is 2. The minimum Gasteiger partial charge on any atom is -0.508 e. The molecule has 164 valence electrons. The predicted octanol–water partition coefficient (Wildman–Crippen LogP) is 5.40. The monoisotopic (exact) mass is 422 g/mol. The molecule has 5 nitrogen and oxygen atoms in total. The summed E-state index contributed by atoms with van der Waals surface area (Å²) in [5.74, 6) is 1.14. The molecule has 1 heterocycles. The Bertz CT molecular complexity index is 1040. The second-order valence-electron chi connectivity index (χ2n) is 8.69. The number of phenols is 1. The minimum atomic E-state index is -0.977. The summed E-state index contributed by atoms with van der Waals surface area (Å²) in [4.78, 5) is 12.7. The van der Waals surface area contributed by atoms with Gasteiger partial charge in [0.25, 0.3) is 0 Å². The molecule has 5 heteroatoms. The lowest BCUT2D eigenvalue weighted by atomic mass is 9.92. The molecule has 0 saturated heterocycles. The molecule has 0 radical (unpaired) electrons. The van der Waals surface area contributed by atoms with Crippen LogP contribution in [-0.2, 0) is 6.42 Å². The number of phenolic OH excluding ortho intramolecular Hbond substituents is 1. The van der Waals surface area contributed by atoms with E-state index in [4.69, 9.17) is 9.47 Å². The second kappa shape index (κ2) is 8.98. The zero-order valence-corrected chi connectivity index (χ0v) is 18.7. The standard InChI is InChI=1S/C26H30O5/c1-16(2)6-7-17-12-19(13-18(25(17)30-5)10-11-26(3,4)29)23-15-22(28)21-9-8-20(27)14-24(21)31-23/h6,8-14,23,27,29H,7,15H2,1-5H3/b11-10+/t23-/m0/s1. The van der Waals surface area contributed by atoms with Crippen molar-refractivity contribution in [1.82, 2.24) is 0 Å². The Morgan fingerprint density at radius 1 is 1.26 bits per heavy atom. The Kier molecular flexibility index (Phi) is 6.56. The van der Waals surface area contributed by atoms with Crippen molar-refractivity contribution in [2.75, 3.05) is 7.11 Å². The van der Waals surface area contributed by atoms with Crippen LogP contribution >= 0.6 is 0 Å². The molecule has 1 atom stereocenters. The van der Waals surface area contributed by atoms with E-state index in [9.17, 15) is 15.0 Å². The third-order valence-corrected chi connectivity index (χ3v) is 5.10. The molecule has 2 aromatic rings. The van der Waals surface area contributed by atoms with E-state index >= 15 is 0 Å². The number of ketones is 1. The van der Waals surface area contributed by atoms with Crippen molar-refractivity contribution in [1.29, 1.82) is 0 Å². The van der Waals surface area contributed by atoms with Crippen LogP contribution in [-0.4, -0.2) is 28.7 Å². The van der Waals surface area contributed by atoms with Gasteiger partial charge in [-0.25, -0.2) is 0 Å². The van der Waals surface area contributed by atoms with E-state index < -0.39 is 11.7 Å². The number of aromatic hydroxyl groups is 1. The molecule has 1 aliphatic rings. The Morgan fingerprint density at radius 3 is 2.65 bits per heavy atom. The van der Waals surface area contributed by atoms with Crippen LogP contribution in [0, 0.1) is 0 Å². The number of aliphatic hydroxyl groups is 1. The maximum Gasteiger partial charge on any atom is 0.170 e. The largest absolute Gasteiger partial charge is 0.508 e. The lowest BCUT2D eigenvalue weighted by Gasteiger charge is -2.27. The number of hydrogen-bond donors (Lipinski definition) is 2. The number of rotatable bonds is 6. The molecule has 0 fully saturated rings. The molecule has 1 aliphatic heterocycles. The summed E-state index contributed by atoms with van der Waals surface area (Å²) < 4.78 is 11.8. The third kappa shape index (κ3) is 5.56. The highest BCUT2D eigenvalue weighted by Gasteiger charge is 2.29. The highest BCUT2D eigenvalue weighted by atomic mass is 16.5. The summed E-state index contributed by atoms with van der Waals surface area (Å²) >= 11 is 0. The summed E-state index contributed by atoms with van der Waals surface area (Å²) in [6.07, 6.45) is 6.05. The molecule has 3 rings (SSSR count). The van der Waals surface area contributed by atoms with E-state index in [0.29, 0.717) is 17.7 Å². The fourth-order valence-corrected chi connectivity index (χ4v) is 3.56. The maximum atomic E-state index is 12.7. The van der Waals surface area contributed by atoms with E-state index in [2.05, 4.69) is 6.08 Å². The van der Waals surface area contributed by atoms with Crippen LogP contribution < -0.4 is 9.47 Å². The first-order valence-corrected chi connectivity index (χ1v) is 10.4. The van der Waals surface area contributed by atoms with Crippen molar-refractivity contribution < 1.29 is 24.5 Å². The van der Waals surface area contributed by atoms with Gasteiger partial charge in [0, 0.05) is 11.6 Å². The number of carbonyl (C=O) groups excluding carboxylic acids is 1. The Hall–Kier alpha value is -3.05. The number of methoxy groups -OCH3 is 1. The van der Waals surface area contributed by atoms with E-state index in [1.54, 1.807) is 33.1 Å². The topological polar surface area (TPSA) is 76.0 Å². The van der Waals surface area contributed by atoms with Crippen molar-refractivity contribution in [2.45, 2.75) is 52.2 Å². The molecule has 0 unspecified atom stereocenters. The average molecular weight is 423 g/mol. The number of allylic oxidation sites excluding steroid dienone is 2. The lowest BCUT2D eigenvalue weighted by molar-refractivity contribution is 0.0849. The van der Waals surface area contributed by atoms with Crippen LogP contribution in [0.4, 0.5) is 0 Å².